The van der Waals surface area contributed by atoms with Gasteiger partial charge in [-0.3, -0.25) is 4.79 Å². The fourth-order valence-electron chi connectivity index (χ4n) is 3.73. The molecule has 2 aromatic carbocycles. The Morgan fingerprint density at radius 3 is 2.67 bits per heavy atom. The second-order valence-electron chi connectivity index (χ2n) is 6.89. The molecular weight excluding hydrogens is 352 g/mol. The highest BCUT2D eigenvalue weighted by Crippen LogP contribution is 2.36. The average Bonchev–Trinajstić information content (AvgIpc) is 3.38. The zero-order valence-electron chi connectivity index (χ0n) is 15.3. The lowest BCUT2D eigenvalue weighted by molar-refractivity contribution is -0.121. The van der Waals surface area contributed by atoms with E-state index in [0.717, 1.165) is 19.4 Å². The Morgan fingerprint density at radius 1 is 1.04 bits per heavy atom. The largest absolute Gasteiger partial charge is 0.361 e. The van der Waals surface area contributed by atoms with Crippen molar-refractivity contribution < 1.29 is 4.79 Å². The van der Waals surface area contributed by atoms with Gasteiger partial charge in [-0.2, -0.15) is 0 Å². The lowest BCUT2D eigenvalue weighted by atomic mass is 10.1. The van der Waals surface area contributed by atoms with Gasteiger partial charge in [-0.25, -0.2) is 0 Å². The van der Waals surface area contributed by atoms with E-state index in [2.05, 4.69) is 64.1 Å². The number of thiophene rings is 1. The number of amides is 1. The van der Waals surface area contributed by atoms with Crippen LogP contribution in [0.2, 0.25) is 0 Å². The Bertz CT molecular complexity index is 876. The molecular formula is C23H24N2OS. The van der Waals surface area contributed by atoms with Gasteiger partial charge >= 0.3 is 0 Å². The zero-order chi connectivity index (χ0) is 18.5. The van der Waals surface area contributed by atoms with Gasteiger partial charge in [0, 0.05) is 30.1 Å². The van der Waals surface area contributed by atoms with Crippen molar-refractivity contribution in [3.8, 4) is 0 Å². The first-order valence-corrected chi connectivity index (χ1v) is 10.4. The van der Waals surface area contributed by atoms with Crippen LogP contribution in [0, 0.1) is 0 Å². The predicted octanol–water partition coefficient (Wildman–Crippen LogP) is 4.60. The summed E-state index contributed by atoms with van der Waals surface area (Å²) >= 11 is 1.76. The highest BCUT2D eigenvalue weighted by molar-refractivity contribution is 7.10. The molecule has 0 saturated carbocycles. The lowest BCUT2D eigenvalue weighted by Crippen LogP contribution is -2.37. The number of carbonyl (C=O) groups excluding carboxylic acids is 1. The van der Waals surface area contributed by atoms with Gasteiger partial charge in [-0.05, 0) is 41.5 Å². The van der Waals surface area contributed by atoms with Crippen LogP contribution in [0.25, 0.3) is 0 Å². The molecule has 0 aliphatic carbocycles. The van der Waals surface area contributed by atoms with Gasteiger partial charge in [-0.15, -0.1) is 11.3 Å². The normalized spacial score (nSPS) is 14.0. The van der Waals surface area contributed by atoms with Crippen LogP contribution in [-0.2, 0) is 17.6 Å². The minimum atomic E-state index is 0.118. The number of fused-ring (bicyclic) bond motifs is 1. The highest BCUT2D eigenvalue weighted by atomic mass is 32.1. The number of para-hydroxylation sites is 1. The second-order valence-corrected chi connectivity index (χ2v) is 7.87. The molecule has 3 aromatic rings. The number of anilines is 1. The summed E-state index contributed by atoms with van der Waals surface area (Å²) in [5.41, 5.74) is 3.90. The monoisotopic (exact) mass is 376 g/mol. The molecule has 1 aromatic heterocycles. The number of benzene rings is 2. The number of nitrogens with zero attached hydrogens (tertiary/aromatic N) is 1. The molecule has 4 heteroatoms. The highest BCUT2D eigenvalue weighted by Gasteiger charge is 2.27. The molecule has 0 radical (unpaired) electrons. The summed E-state index contributed by atoms with van der Waals surface area (Å²) in [7, 11) is 0. The quantitative estimate of drug-likeness (QED) is 0.653. The van der Waals surface area contributed by atoms with Crippen LogP contribution in [0.15, 0.2) is 72.1 Å². The van der Waals surface area contributed by atoms with E-state index >= 15 is 0 Å². The van der Waals surface area contributed by atoms with Gasteiger partial charge < -0.3 is 10.2 Å². The molecule has 1 aliphatic rings. The van der Waals surface area contributed by atoms with Crippen molar-refractivity contribution in [3.63, 3.8) is 0 Å². The summed E-state index contributed by atoms with van der Waals surface area (Å²) in [5.74, 6) is 0.118. The molecule has 27 heavy (non-hydrogen) atoms. The fourth-order valence-corrected chi connectivity index (χ4v) is 4.57. The lowest BCUT2D eigenvalue weighted by Gasteiger charge is -2.30. The van der Waals surface area contributed by atoms with E-state index in [4.69, 9.17) is 0 Å². The molecule has 0 bridgehead atoms. The van der Waals surface area contributed by atoms with Crippen molar-refractivity contribution in [1.29, 1.82) is 0 Å². The van der Waals surface area contributed by atoms with E-state index < -0.39 is 0 Å². The SMILES string of the molecule is O=C(CCc1ccccc1)NC[C@H](c1cccs1)N1CCc2ccccc21. The minimum absolute atomic E-state index is 0.118. The Morgan fingerprint density at radius 2 is 1.85 bits per heavy atom. The number of hydrogen-bond acceptors (Lipinski definition) is 3. The standard InChI is InChI=1S/C23H24N2OS/c26-23(13-12-18-7-2-1-3-8-18)24-17-21(22-11-6-16-27-22)25-15-14-19-9-4-5-10-20(19)25/h1-11,16,21H,12-15,17H2,(H,24,26)/t21-/m1/s1. The predicted molar refractivity (Wildman–Crippen MR) is 112 cm³/mol. The number of hydrogen-bond donors (Lipinski definition) is 1. The van der Waals surface area contributed by atoms with Crippen molar-refractivity contribution >= 4 is 22.9 Å². The van der Waals surface area contributed by atoms with E-state index in [1.807, 2.05) is 18.2 Å². The molecule has 4 rings (SSSR count). The Hall–Kier alpha value is -2.59. The van der Waals surface area contributed by atoms with Crippen LogP contribution in [0.3, 0.4) is 0 Å². The number of aryl methyl sites for hydroxylation is 1. The summed E-state index contributed by atoms with van der Waals surface area (Å²) in [6, 6.07) is 23.2. The van der Waals surface area contributed by atoms with E-state index in [1.165, 1.54) is 21.7 Å². The van der Waals surface area contributed by atoms with Crippen molar-refractivity contribution in [3.05, 3.63) is 88.1 Å². The second kappa shape index (κ2) is 8.40. The fraction of sp³-hybridized carbons (Fsp3) is 0.261. The van der Waals surface area contributed by atoms with Crippen LogP contribution in [0.1, 0.15) is 28.5 Å². The van der Waals surface area contributed by atoms with Gasteiger partial charge in [0.05, 0.1) is 6.04 Å². The molecule has 0 saturated heterocycles. The number of rotatable bonds is 7. The summed E-state index contributed by atoms with van der Waals surface area (Å²) in [4.78, 5) is 16.2. The molecule has 0 fully saturated rings. The Kier molecular flexibility index (Phi) is 5.54. The third-order valence-electron chi connectivity index (χ3n) is 5.15. The molecule has 1 N–H and O–H groups in total. The first-order chi connectivity index (χ1) is 13.3. The zero-order valence-corrected chi connectivity index (χ0v) is 16.1. The minimum Gasteiger partial charge on any atom is -0.361 e. The van der Waals surface area contributed by atoms with E-state index in [9.17, 15) is 4.79 Å². The van der Waals surface area contributed by atoms with Crippen molar-refractivity contribution in [2.75, 3.05) is 18.0 Å². The molecule has 3 nitrogen and oxygen atoms in total. The molecule has 1 aliphatic heterocycles. The first-order valence-electron chi connectivity index (χ1n) is 9.50. The summed E-state index contributed by atoms with van der Waals surface area (Å²) in [5, 5.41) is 5.29. The van der Waals surface area contributed by atoms with Crippen LogP contribution < -0.4 is 10.2 Å². The summed E-state index contributed by atoms with van der Waals surface area (Å²) in [6.45, 7) is 1.64. The van der Waals surface area contributed by atoms with Crippen molar-refractivity contribution in [2.24, 2.45) is 0 Å². The van der Waals surface area contributed by atoms with Crippen molar-refractivity contribution in [2.45, 2.75) is 25.3 Å². The topological polar surface area (TPSA) is 32.3 Å². The molecule has 1 atom stereocenters. The Labute approximate surface area is 164 Å². The molecule has 0 unspecified atom stereocenters. The first kappa shape index (κ1) is 17.8. The van der Waals surface area contributed by atoms with Crippen LogP contribution in [0.5, 0.6) is 0 Å². The van der Waals surface area contributed by atoms with Crippen LogP contribution >= 0.6 is 11.3 Å². The van der Waals surface area contributed by atoms with Crippen LogP contribution in [0.4, 0.5) is 5.69 Å². The van der Waals surface area contributed by atoms with Gasteiger partial charge in [0.25, 0.3) is 0 Å². The third kappa shape index (κ3) is 4.22. The smallest absolute Gasteiger partial charge is 0.220 e. The average molecular weight is 377 g/mol. The van der Waals surface area contributed by atoms with Crippen molar-refractivity contribution in [1.82, 2.24) is 5.32 Å². The maximum atomic E-state index is 12.4. The van der Waals surface area contributed by atoms with Gasteiger partial charge in [0.2, 0.25) is 5.91 Å². The number of nitrogens with one attached hydrogen (secondary N) is 1. The van der Waals surface area contributed by atoms with Crippen LogP contribution in [-0.4, -0.2) is 19.0 Å². The van der Waals surface area contributed by atoms with E-state index in [0.29, 0.717) is 13.0 Å². The Balaban J connectivity index is 1.41. The summed E-state index contributed by atoms with van der Waals surface area (Å²) < 4.78 is 0. The van der Waals surface area contributed by atoms with E-state index in [1.54, 1.807) is 11.3 Å². The molecule has 138 valence electrons. The van der Waals surface area contributed by atoms with Gasteiger partial charge in [0.1, 0.15) is 0 Å². The molecule has 1 amide bonds. The molecule has 2 heterocycles. The molecule has 0 spiro atoms. The number of carbonyl (C=O) groups is 1. The third-order valence-corrected chi connectivity index (χ3v) is 6.12. The summed E-state index contributed by atoms with van der Waals surface area (Å²) in [6.07, 6.45) is 2.38. The maximum Gasteiger partial charge on any atom is 0.220 e. The van der Waals surface area contributed by atoms with E-state index in [-0.39, 0.29) is 11.9 Å². The van der Waals surface area contributed by atoms with Gasteiger partial charge in [-0.1, -0.05) is 54.6 Å². The maximum absolute atomic E-state index is 12.4. The van der Waals surface area contributed by atoms with Gasteiger partial charge in [0.15, 0.2) is 0 Å².